The van der Waals surface area contributed by atoms with Gasteiger partial charge in [-0.2, -0.15) is 0 Å². The smallest absolute Gasteiger partial charge is 0.160 e. The fraction of sp³-hybridized carbons (Fsp3) is 0.462. The molecule has 1 saturated heterocycles. The Morgan fingerprint density at radius 2 is 2.35 bits per heavy atom. The normalized spacial score (nSPS) is 29.7. The van der Waals surface area contributed by atoms with Gasteiger partial charge in [-0.1, -0.05) is 29.4 Å². The molecule has 0 radical (unpaired) electrons. The van der Waals surface area contributed by atoms with Crippen molar-refractivity contribution in [1.82, 2.24) is 4.90 Å². The summed E-state index contributed by atoms with van der Waals surface area (Å²) in [5, 5.41) is 2.12. The zero-order chi connectivity index (χ0) is 11.4. The molecule has 1 aliphatic carbocycles. The van der Waals surface area contributed by atoms with Gasteiger partial charge in [0, 0.05) is 17.3 Å². The van der Waals surface area contributed by atoms with Crippen LogP contribution in [0.4, 0.5) is 0 Å². The van der Waals surface area contributed by atoms with E-state index >= 15 is 0 Å². The molecule has 1 aromatic rings. The lowest BCUT2D eigenvalue weighted by Gasteiger charge is -2.32. The van der Waals surface area contributed by atoms with Gasteiger partial charge in [-0.3, -0.25) is 4.99 Å². The Kier molecular flexibility index (Phi) is 2.21. The number of amidine groups is 1. The van der Waals surface area contributed by atoms with Crippen molar-refractivity contribution < 1.29 is 0 Å². The molecule has 0 bridgehead atoms. The van der Waals surface area contributed by atoms with Crippen LogP contribution < -0.4 is 0 Å². The highest BCUT2D eigenvalue weighted by Gasteiger charge is 2.42. The van der Waals surface area contributed by atoms with Crippen LogP contribution in [0, 0.1) is 0 Å². The molecule has 0 unspecified atom stereocenters. The first kappa shape index (κ1) is 10.3. The lowest BCUT2D eigenvalue weighted by molar-refractivity contribution is 0.297. The molecule has 2 atom stereocenters. The summed E-state index contributed by atoms with van der Waals surface area (Å²) < 4.78 is 0. The number of hydrogen-bond acceptors (Lipinski definition) is 3. The quantitative estimate of drug-likeness (QED) is 0.716. The number of thioether (sulfide) groups is 1. The minimum absolute atomic E-state index is 0.360. The fourth-order valence-electron chi connectivity index (χ4n) is 3.18. The standard InChI is InChI=1S/C13H13ClN2S/c14-9-2-3-10-8(7-9)1-4-11-12(10)15-13-16(11)5-6-17-13/h2-3,7,11-12H,1,4-6H2/t11-,12-/m0/s1. The molecule has 2 nitrogen and oxygen atoms in total. The summed E-state index contributed by atoms with van der Waals surface area (Å²) in [6.45, 7) is 1.17. The second-order valence-electron chi connectivity index (χ2n) is 4.85. The third-order valence-electron chi connectivity index (χ3n) is 3.96. The summed E-state index contributed by atoms with van der Waals surface area (Å²) in [7, 11) is 0. The zero-order valence-corrected chi connectivity index (χ0v) is 11.0. The molecular weight excluding hydrogens is 252 g/mol. The van der Waals surface area contributed by atoms with E-state index in [4.69, 9.17) is 16.6 Å². The van der Waals surface area contributed by atoms with E-state index in [-0.39, 0.29) is 0 Å². The molecule has 1 aromatic carbocycles. The molecule has 3 aliphatic rings. The molecule has 0 spiro atoms. The van der Waals surface area contributed by atoms with Gasteiger partial charge in [0.2, 0.25) is 0 Å². The van der Waals surface area contributed by atoms with Crippen molar-refractivity contribution in [3.8, 4) is 0 Å². The summed E-state index contributed by atoms with van der Waals surface area (Å²) in [5.41, 5.74) is 2.79. The van der Waals surface area contributed by atoms with Gasteiger partial charge in [0.05, 0.1) is 12.1 Å². The Morgan fingerprint density at radius 1 is 1.41 bits per heavy atom. The average molecular weight is 265 g/mol. The van der Waals surface area contributed by atoms with Crippen LogP contribution in [0.5, 0.6) is 0 Å². The number of nitrogens with zero attached hydrogens (tertiary/aromatic N) is 2. The summed E-state index contributed by atoms with van der Waals surface area (Å²) in [4.78, 5) is 7.41. The Morgan fingerprint density at radius 3 is 3.29 bits per heavy atom. The lowest BCUT2D eigenvalue weighted by atomic mass is 9.84. The minimum atomic E-state index is 0.360. The molecule has 88 valence electrons. The molecule has 2 heterocycles. The largest absolute Gasteiger partial charge is 0.345 e. The molecule has 1 fully saturated rings. The maximum atomic E-state index is 6.07. The van der Waals surface area contributed by atoms with E-state index in [9.17, 15) is 0 Å². The summed E-state index contributed by atoms with van der Waals surface area (Å²) in [6.07, 6.45) is 2.35. The van der Waals surface area contributed by atoms with E-state index in [0.717, 1.165) is 11.4 Å². The van der Waals surface area contributed by atoms with Crippen molar-refractivity contribution in [2.45, 2.75) is 24.9 Å². The molecule has 0 saturated carbocycles. The first-order valence-electron chi connectivity index (χ1n) is 6.08. The molecule has 17 heavy (non-hydrogen) atoms. The van der Waals surface area contributed by atoms with E-state index in [1.807, 2.05) is 17.8 Å². The first-order valence-corrected chi connectivity index (χ1v) is 7.45. The van der Waals surface area contributed by atoms with Crippen LogP contribution in [-0.4, -0.2) is 28.4 Å². The van der Waals surface area contributed by atoms with Crippen molar-refractivity contribution >= 4 is 28.5 Å². The lowest BCUT2D eigenvalue weighted by Crippen LogP contribution is -2.36. The van der Waals surface area contributed by atoms with Gasteiger partial charge in [-0.05, 0) is 36.1 Å². The number of aliphatic imine (C=N–C) groups is 1. The second kappa shape index (κ2) is 3.66. The Hall–Kier alpha value is -0.670. The maximum absolute atomic E-state index is 6.07. The van der Waals surface area contributed by atoms with Crippen molar-refractivity contribution in [3.05, 3.63) is 34.3 Å². The van der Waals surface area contributed by atoms with Gasteiger partial charge in [0.1, 0.15) is 0 Å². The SMILES string of the molecule is Clc1ccc2c(c1)CC[C@H]1[C@H]2N=C2SCCN21. The van der Waals surface area contributed by atoms with Crippen molar-refractivity contribution in [3.63, 3.8) is 0 Å². The average Bonchev–Trinajstić information content (AvgIpc) is 2.88. The molecule has 2 aliphatic heterocycles. The van der Waals surface area contributed by atoms with E-state index in [2.05, 4.69) is 17.0 Å². The summed E-state index contributed by atoms with van der Waals surface area (Å²) >= 11 is 7.97. The number of rotatable bonds is 0. The highest BCUT2D eigenvalue weighted by molar-refractivity contribution is 8.14. The van der Waals surface area contributed by atoms with Gasteiger partial charge in [-0.25, -0.2) is 0 Å². The highest BCUT2D eigenvalue weighted by atomic mass is 35.5. The summed E-state index contributed by atoms with van der Waals surface area (Å²) in [6, 6.07) is 7.25. The van der Waals surface area contributed by atoms with Gasteiger partial charge in [0.25, 0.3) is 0 Å². The van der Waals surface area contributed by atoms with E-state index < -0.39 is 0 Å². The van der Waals surface area contributed by atoms with Gasteiger partial charge >= 0.3 is 0 Å². The molecule has 4 rings (SSSR count). The van der Waals surface area contributed by atoms with E-state index in [1.165, 1.54) is 35.0 Å². The molecule has 0 aromatic heterocycles. The number of benzene rings is 1. The van der Waals surface area contributed by atoms with E-state index in [1.54, 1.807) is 0 Å². The number of halogens is 1. The second-order valence-corrected chi connectivity index (χ2v) is 6.35. The van der Waals surface area contributed by atoms with Gasteiger partial charge < -0.3 is 4.90 Å². The van der Waals surface area contributed by atoms with Crippen LogP contribution in [-0.2, 0) is 6.42 Å². The fourth-order valence-corrected chi connectivity index (χ4v) is 4.43. The minimum Gasteiger partial charge on any atom is -0.345 e. The molecule has 4 heteroatoms. The van der Waals surface area contributed by atoms with Crippen LogP contribution in [0.1, 0.15) is 23.6 Å². The van der Waals surface area contributed by atoms with Crippen molar-refractivity contribution in [2.24, 2.45) is 4.99 Å². The van der Waals surface area contributed by atoms with Crippen LogP contribution in [0.2, 0.25) is 5.02 Å². The predicted molar refractivity (Wildman–Crippen MR) is 72.9 cm³/mol. The van der Waals surface area contributed by atoms with Crippen molar-refractivity contribution in [1.29, 1.82) is 0 Å². The Bertz CT molecular complexity index is 514. The third kappa shape index (κ3) is 1.45. The number of aryl methyl sites for hydroxylation is 1. The van der Waals surface area contributed by atoms with Crippen LogP contribution in [0.15, 0.2) is 23.2 Å². The monoisotopic (exact) mass is 264 g/mol. The van der Waals surface area contributed by atoms with Crippen LogP contribution >= 0.6 is 23.4 Å². The number of hydrogen-bond donors (Lipinski definition) is 0. The third-order valence-corrected chi connectivity index (χ3v) is 5.18. The van der Waals surface area contributed by atoms with Gasteiger partial charge in [-0.15, -0.1) is 0 Å². The molecule has 0 amide bonds. The predicted octanol–water partition coefficient (Wildman–Crippen LogP) is 3.11. The highest BCUT2D eigenvalue weighted by Crippen LogP contribution is 2.44. The summed E-state index contributed by atoms with van der Waals surface area (Å²) in [5.74, 6) is 1.20. The maximum Gasteiger partial charge on any atom is 0.160 e. The zero-order valence-electron chi connectivity index (χ0n) is 9.40. The first-order chi connectivity index (χ1) is 8.33. The topological polar surface area (TPSA) is 15.6 Å². The Labute approximate surface area is 110 Å². The Balaban J connectivity index is 1.80. The van der Waals surface area contributed by atoms with Crippen molar-refractivity contribution in [2.75, 3.05) is 12.3 Å². The molecule has 0 N–H and O–H groups in total. The van der Waals surface area contributed by atoms with E-state index in [0.29, 0.717) is 12.1 Å². The van der Waals surface area contributed by atoms with Gasteiger partial charge in [0.15, 0.2) is 5.17 Å². The number of fused-ring (bicyclic) bond motifs is 5. The van der Waals surface area contributed by atoms with Crippen LogP contribution in [0.3, 0.4) is 0 Å². The van der Waals surface area contributed by atoms with Crippen LogP contribution in [0.25, 0.3) is 0 Å². The molecular formula is C13H13ClN2S.